The number of hydrogen-bond donors (Lipinski definition) is 0. The molecule has 0 aromatic carbocycles. The summed E-state index contributed by atoms with van der Waals surface area (Å²) >= 11 is 0. The first-order valence-electron chi connectivity index (χ1n) is 25.6. The molecule has 0 amide bonds. The van der Waals surface area contributed by atoms with Crippen LogP contribution < -0.4 is 0 Å². The minimum Gasteiger partial charge on any atom is -0.462 e. The molecule has 6 heteroatoms. The molecule has 344 valence electrons. The highest BCUT2D eigenvalue weighted by Crippen LogP contribution is 2.18. The van der Waals surface area contributed by atoms with E-state index in [1.165, 1.54) is 161 Å². The summed E-state index contributed by atoms with van der Waals surface area (Å²) in [4.78, 5) is 37.9. The fraction of sp³-hybridized carbons (Fsp3) is 0.942. The highest BCUT2D eigenvalue weighted by atomic mass is 16.6. The van der Waals surface area contributed by atoms with Crippen LogP contribution in [-0.4, -0.2) is 37.2 Å². The lowest BCUT2D eigenvalue weighted by molar-refractivity contribution is -0.167. The average Bonchev–Trinajstić information content (AvgIpc) is 3.19. The van der Waals surface area contributed by atoms with Gasteiger partial charge in [0.05, 0.1) is 0 Å². The molecule has 6 nitrogen and oxygen atoms in total. The number of carbonyl (C=O) groups excluding carboxylic acids is 3. The third kappa shape index (κ3) is 44.0. The van der Waals surface area contributed by atoms with E-state index in [0.29, 0.717) is 19.3 Å². The number of unbranched alkanes of at least 4 members (excludes halogenated alkanes) is 27. The van der Waals surface area contributed by atoms with Crippen LogP contribution in [0.15, 0.2) is 0 Å². The fourth-order valence-electron chi connectivity index (χ4n) is 7.73. The second-order valence-corrected chi connectivity index (χ2v) is 19.0. The van der Waals surface area contributed by atoms with Crippen molar-refractivity contribution < 1.29 is 28.6 Å². The van der Waals surface area contributed by atoms with Gasteiger partial charge in [-0.3, -0.25) is 14.4 Å². The van der Waals surface area contributed by atoms with Gasteiger partial charge in [-0.1, -0.05) is 241 Å². The molecule has 0 aliphatic heterocycles. The molecule has 2 atom stereocenters. The second-order valence-electron chi connectivity index (χ2n) is 19.0. The van der Waals surface area contributed by atoms with Crippen molar-refractivity contribution in [3.63, 3.8) is 0 Å². The Morgan fingerprint density at radius 3 is 0.897 bits per heavy atom. The molecule has 0 aliphatic rings. The SMILES string of the molecule is CCC(C)CCCCCCCCC(=O)O[C@H](COC(=O)CCCCCCCCCCCCCCCCCC(C)C)COC(=O)CCCCCCCCCCCC(C)C. The van der Waals surface area contributed by atoms with E-state index in [4.69, 9.17) is 14.2 Å². The van der Waals surface area contributed by atoms with E-state index in [0.717, 1.165) is 75.5 Å². The maximum atomic E-state index is 12.7. The molecule has 0 saturated carbocycles. The van der Waals surface area contributed by atoms with E-state index < -0.39 is 6.10 Å². The molecule has 0 spiro atoms. The van der Waals surface area contributed by atoms with Gasteiger partial charge in [0.2, 0.25) is 0 Å². The third-order valence-corrected chi connectivity index (χ3v) is 12.0. The zero-order valence-electron chi connectivity index (χ0n) is 39.8. The second kappa shape index (κ2) is 43.5. The quantitative estimate of drug-likeness (QED) is 0.0346. The Kier molecular flexibility index (Phi) is 42.3. The van der Waals surface area contributed by atoms with E-state index in [2.05, 4.69) is 41.5 Å². The predicted molar refractivity (Wildman–Crippen MR) is 247 cm³/mol. The van der Waals surface area contributed by atoms with Crippen LogP contribution in [0.5, 0.6) is 0 Å². The summed E-state index contributed by atoms with van der Waals surface area (Å²) in [5.74, 6) is 1.61. The monoisotopic (exact) mass is 821 g/mol. The van der Waals surface area contributed by atoms with Gasteiger partial charge in [-0.05, 0) is 37.0 Å². The van der Waals surface area contributed by atoms with E-state index in [-0.39, 0.29) is 31.1 Å². The first-order chi connectivity index (χ1) is 28.1. The average molecular weight is 821 g/mol. The van der Waals surface area contributed by atoms with Gasteiger partial charge in [-0.15, -0.1) is 0 Å². The van der Waals surface area contributed by atoms with Crippen molar-refractivity contribution in [1.29, 1.82) is 0 Å². The zero-order valence-corrected chi connectivity index (χ0v) is 39.8. The molecule has 0 radical (unpaired) electrons. The minimum absolute atomic E-state index is 0.0657. The van der Waals surface area contributed by atoms with Gasteiger partial charge in [-0.25, -0.2) is 0 Å². The van der Waals surface area contributed by atoms with Gasteiger partial charge >= 0.3 is 17.9 Å². The van der Waals surface area contributed by atoms with E-state index >= 15 is 0 Å². The predicted octanol–water partition coefficient (Wildman–Crippen LogP) is 16.4. The van der Waals surface area contributed by atoms with E-state index in [1.54, 1.807) is 0 Å². The molecule has 0 heterocycles. The van der Waals surface area contributed by atoms with Crippen LogP contribution in [0.4, 0.5) is 0 Å². The van der Waals surface area contributed by atoms with Gasteiger partial charge < -0.3 is 14.2 Å². The molecule has 58 heavy (non-hydrogen) atoms. The number of carbonyl (C=O) groups is 3. The van der Waals surface area contributed by atoms with Crippen molar-refractivity contribution in [1.82, 2.24) is 0 Å². The summed E-state index contributed by atoms with van der Waals surface area (Å²) < 4.78 is 16.8. The molecular weight excluding hydrogens is 721 g/mol. The van der Waals surface area contributed by atoms with Gasteiger partial charge in [0.15, 0.2) is 6.10 Å². The molecule has 0 aliphatic carbocycles. The number of ether oxygens (including phenoxy) is 3. The summed E-state index contributed by atoms with van der Waals surface area (Å²) in [6.45, 7) is 13.7. The standard InChI is InChI=1S/C52H100O6/c1-7-48(6)40-34-28-24-25-31-37-43-52(55)58-49(45-57-51(54)42-36-30-23-19-15-17-21-27-33-39-47(4)5)44-56-50(53)41-35-29-22-18-14-12-10-8-9-11-13-16-20-26-32-38-46(2)3/h46-49H,7-45H2,1-6H3/t48?,49-/m1/s1. The number of esters is 3. The Hall–Kier alpha value is -1.59. The molecule has 0 fully saturated rings. The van der Waals surface area contributed by atoms with Gasteiger partial charge in [0.1, 0.15) is 13.2 Å². The summed E-state index contributed by atoms with van der Waals surface area (Å²) in [5.41, 5.74) is 0. The van der Waals surface area contributed by atoms with Crippen LogP contribution in [0.3, 0.4) is 0 Å². The van der Waals surface area contributed by atoms with Crippen LogP contribution in [-0.2, 0) is 28.6 Å². The van der Waals surface area contributed by atoms with Crippen LogP contribution >= 0.6 is 0 Å². The lowest BCUT2D eigenvalue weighted by Crippen LogP contribution is -2.30. The number of hydrogen-bond acceptors (Lipinski definition) is 6. The Labute approximate surface area is 361 Å². The first-order valence-corrected chi connectivity index (χ1v) is 25.6. The topological polar surface area (TPSA) is 78.9 Å². The lowest BCUT2D eigenvalue weighted by atomic mass is 10.00. The highest BCUT2D eigenvalue weighted by Gasteiger charge is 2.19. The van der Waals surface area contributed by atoms with Crippen molar-refractivity contribution in [2.45, 2.75) is 285 Å². The van der Waals surface area contributed by atoms with Crippen molar-refractivity contribution in [3.05, 3.63) is 0 Å². The van der Waals surface area contributed by atoms with Crippen molar-refractivity contribution in [2.24, 2.45) is 17.8 Å². The summed E-state index contributed by atoms with van der Waals surface area (Å²) in [7, 11) is 0. The lowest BCUT2D eigenvalue weighted by Gasteiger charge is -2.18. The van der Waals surface area contributed by atoms with Crippen LogP contribution in [0.25, 0.3) is 0 Å². The van der Waals surface area contributed by atoms with Crippen LogP contribution in [0.1, 0.15) is 279 Å². The molecule has 1 unspecified atom stereocenters. The van der Waals surface area contributed by atoms with Crippen molar-refractivity contribution in [2.75, 3.05) is 13.2 Å². The largest absolute Gasteiger partial charge is 0.462 e. The normalized spacial score (nSPS) is 12.6. The summed E-state index contributed by atoms with van der Waals surface area (Å²) in [6, 6.07) is 0. The Morgan fingerprint density at radius 2 is 0.603 bits per heavy atom. The van der Waals surface area contributed by atoms with E-state index in [1.807, 2.05) is 0 Å². The smallest absolute Gasteiger partial charge is 0.306 e. The van der Waals surface area contributed by atoms with Gasteiger partial charge in [0, 0.05) is 19.3 Å². The Morgan fingerprint density at radius 1 is 0.345 bits per heavy atom. The maximum Gasteiger partial charge on any atom is 0.306 e. The van der Waals surface area contributed by atoms with Gasteiger partial charge in [0.25, 0.3) is 0 Å². The van der Waals surface area contributed by atoms with Crippen molar-refractivity contribution >= 4 is 17.9 Å². The summed E-state index contributed by atoms with van der Waals surface area (Å²) in [6.07, 6.45) is 42.4. The third-order valence-electron chi connectivity index (χ3n) is 12.0. The Bertz CT molecular complexity index is 900. The molecule has 0 aromatic rings. The maximum absolute atomic E-state index is 12.7. The van der Waals surface area contributed by atoms with Crippen molar-refractivity contribution in [3.8, 4) is 0 Å². The Balaban J connectivity index is 4.26. The molecule has 0 aromatic heterocycles. The zero-order chi connectivity index (χ0) is 42.7. The molecule has 0 rings (SSSR count). The van der Waals surface area contributed by atoms with E-state index in [9.17, 15) is 14.4 Å². The minimum atomic E-state index is -0.763. The van der Waals surface area contributed by atoms with Gasteiger partial charge in [-0.2, -0.15) is 0 Å². The van der Waals surface area contributed by atoms with Crippen LogP contribution in [0, 0.1) is 17.8 Å². The molecule has 0 bridgehead atoms. The fourth-order valence-corrected chi connectivity index (χ4v) is 7.73. The highest BCUT2D eigenvalue weighted by molar-refractivity contribution is 5.71. The molecule has 0 saturated heterocycles. The molecule has 0 N–H and O–H groups in total. The molecular formula is C52H100O6. The first kappa shape index (κ1) is 56.4. The van der Waals surface area contributed by atoms with Crippen LogP contribution in [0.2, 0.25) is 0 Å². The number of rotatable bonds is 45. The summed E-state index contributed by atoms with van der Waals surface area (Å²) in [5, 5.41) is 0.